The van der Waals surface area contributed by atoms with Crippen LogP contribution in [0, 0.1) is 0 Å². The van der Waals surface area contributed by atoms with Gasteiger partial charge in [0.1, 0.15) is 17.9 Å². The molecule has 0 aromatic heterocycles. The minimum absolute atomic E-state index is 0.0209. The number of thioether (sulfide) groups is 1. The van der Waals surface area contributed by atoms with Crippen LogP contribution in [0.5, 0.6) is 5.75 Å². The summed E-state index contributed by atoms with van der Waals surface area (Å²) in [4.78, 5) is 25.3. The van der Waals surface area contributed by atoms with Crippen LogP contribution >= 0.6 is 23.4 Å². The lowest BCUT2D eigenvalue weighted by Gasteiger charge is -2.26. The van der Waals surface area contributed by atoms with E-state index < -0.39 is 22.9 Å². The molecule has 3 aromatic carbocycles. The van der Waals surface area contributed by atoms with Crippen molar-refractivity contribution < 1.29 is 32.6 Å². The van der Waals surface area contributed by atoms with E-state index in [4.69, 9.17) is 16.3 Å². The molecular formula is C25H21ClF3NO4S. The molecule has 0 saturated heterocycles. The number of benzene rings is 3. The van der Waals surface area contributed by atoms with Crippen molar-refractivity contribution in [1.82, 2.24) is 5.32 Å². The van der Waals surface area contributed by atoms with Gasteiger partial charge in [-0.2, -0.15) is 13.2 Å². The number of hydrogen-bond acceptors (Lipinski definition) is 4. The largest absolute Gasteiger partial charge is 0.487 e. The summed E-state index contributed by atoms with van der Waals surface area (Å²) in [6.45, 7) is -0.0209. The van der Waals surface area contributed by atoms with Crippen molar-refractivity contribution in [1.29, 1.82) is 0 Å². The molecule has 0 unspecified atom stereocenters. The Balaban J connectivity index is 1.64. The topological polar surface area (TPSA) is 75.6 Å². The van der Waals surface area contributed by atoms with Gasteiger partial charge in [0.05, 0.1) is 5.56 Å². The SMILES string of the molecule is O=C(NC1(C(=O)O)CCCC1)c1cc(Cl)c2ccccc2c1OCc1ccc(SC(F)(F)F)cc1. The van der Waals surface area contributed by atoms with Gasteiger partial charge < -0.3 is 15.2 Å². The van der Waals surface area contributed by atoms with Crippen LogP contribution in [0.25, 0.3) is 10.8 Å². The van der Waals surface area contributed by atoms with E-state index in [0.29, 0.717) is 47.0 Å². The second-order valence-electron chi connectivity index (χ2n) is 8.31. The third kappa shape index (κ3) is 5.67. The van der Waals surface area contributed by atoms with Gasteiger partial charge in [-0.1, -0.05) is 60.8 Å². The summed E-state index contributed by atoms with van der Waals surface area (Å²) in [7, 11) is 0. The number of fused-ring (bicyclic) bond motifs is 1. The maximum Gasteiger partial charge on any atom is 0.446 e. The Hall–Kier alpha value is -2.91. The van der Waals surface area contributed by atoms with Crippen molar-refractivity contribution in [3.05, 3.63) is 70.7 Å². The second kappa shape index (κ2) is 9.99. The van der Waals surface area contributed by atoms with Gasteiger partial charge in [0.2, 0.25) is 0 Å². The average Bonchev–Trinajstić information content (AvgIpc) is 3.28. The maximum atomic E-state index is 13.3. The average molecular weight is 524 g/mol. The van der Waals surface area contributed by atoms with Crippen LogP contribution in [-0.2, 0) is 11.4 Å². The molecule has 4 rings (SSSR count). The standard InChI is InChI=1S/C25H21ClF3NO4S/c26-20-13-19(22(31)30-24(23(32)33)11-3-4-12-24)21(18-6-2-1-5-17(18)20)34-14-15-7-9-16(10-8-15)35-25(27,28)29/h1-2,5-10,13H,3-4,11-12,14H2,(H,30,31)(H,32,33). The lowest BCUT2D eigenvalue weighted by molar-refractivity contribution is -0.144. The third-order valence-electron chi connectivity index (χ3n) is 5.95. The number of rotatable bonds is 7. The number of halogens is 4. The van der Waals surface area contributed by atoms with Gasteiger partial charge in [0.15, 0.2) is 0 Å². The number of carbonyl (C=O) groups excluding carboxylic acids is 1. The summed E-state index contributed by atoms with van der Waals surface area (Å²) in [5.74, 6) is -1.49. The maximum absolute atomic E-state index is 13.3. The Kier molecular flexibility index (Phi) is 7.19. The molecule has 0 bridgehead atoms. The van der Waals surface area contributed by atoms with Crippen molar-refractivity contribution in [3.63, 3.8) is 0 Å². The molecular weight excluding hydrogens is 503 g/mol. The number of alkyl halides is 3. The molecule has 10 heteroatoms. The van der Waals surface area contributed by atoms with E-state index in [1.807, 2.05) is 0 Å². The molecule has 0 heterocycles. The first kappa shape index (κ1) is 25.2. The van der Waals surface area contributed by atoms with Crippen molar-refractivity contribution >= 4 is 46.0 Å². The highest BCUT2D eigenvalue weighted by Gasteiger charge is 2.43. The zero-order chi connectivity index (χ0) is 25.2. The summed E-state index contributed by atoms with van der Waals surface area (Å²) in [6.07, 6.45) is 2.04. The summed E-state index contributed by atoms with van der Waals surface area (Å²) in [5.41, 5.74) is -5.04. The van der Waals surface area contributed by atoms with E-state index in [2.05, 4.69) is 5.32 Å². The van der Waals surface area contributed by atoms with Crippen molar-refractivity contribution in [2.24, 2.45) is 0 Å². The quantitative estimate of drug-likeness (QED) is 0.333. The number of hydrogen-bond donors (Lipinski definition) is 2. The molecule has 3 aromatic rings. The first-order chi connectivity index (χ1) is 16.6. The Labute approximate surface area is 208 Å². The van der Waals surface area contributed by atoms with Crippen molar-refractivity contribution in [2.45, 2.75) is 48.2 Å². The Morgan fingerprint density at radius 1 is 1.06 bits per heavy atom. The normalized spacial score (nSPS) is 15.2. The molecule has 1 fully saturated rings. The molecule has 0 spiro atoms. The van der Waals surface area contributed by atoms with Crippen molar-refractivity contribution in [3.8, 4) is 5.75 Å². The molecule has 1 saturated carbocycles. The number of ether oxygens (including phenoxy) is 1. The molecule has 184 valence electrons. The highest BCUT2D eigenvalue weighted by molar-refractivity contribution is 8.00. The minimum atomic E-state index is -4.38. The molecule has 0 atom stereocenters. The van der Waals surface area contributed by atoms with Crippen LogP contribution < -0.4 is 10.1 Å². The van der Waals surface area contributed by atoms with Gasteiger partial charge in [0.25, 0.3) is 5.91 Å². The van der Waals surface area contributed by atoms with Crippen LogP contribution in [0.2, 0.25) is 5.02 Å². The van der Waals surface area contributed by atoms with Crippen LogP contribution in [0.3, 0.4) is 0 Å². The van der Waals surface area contributed by atoms with E-state index in [1.165, 1.54) is 30.3 Å². The summed E-state index contributed by atoms with van der Waals surface area (Å²) in [6, 6.07) is 14.2. The van der Waals surface area contributed by atoms with Gasteiger partial charge >= 0.3 is 11.5 Å². The van der Waals surface area contributed by atoms with E-state index in [9.17, 15) is 27.9 Å². The lowest BCUT2D eigenvalue weighted by atomic mass is 9.96. The summed E-state index contributed by atoms with van der Waals surface area (Å²) < 4.78 is 43.8. The zero-order valence-electron chi connectivity index (χ0n) is 18.3. The fraction of sp³-hybridized carbons (Fsp3) is 0.280. The minimum Gasteiger partial charge on any atom is -0.487 e. The number of carboxylic acids is 1. The molecule has 35 heavy (non-hydrogen) atoms. The van der Waals surface area contributed by atoms with Crippen LogP contribution in [0.15, 0.2) is 59.5 Å². The Morgan fingerprint density at radius 2 is 1.69 bits per heavy atom. The number of nitrogens with one attached hydrogen (secondary N) is 1. The highest BCUT2D eigenvalue weighted by Crippen LogP contribution is 2.38. The number of amides is 1. The van der Waals surface area contributed by atoms with Gasteiger partial charge in [-0.15, -0.1) is 0 Å². The first-order valence-corrected chi connectivity index (χ1v) is 12.0. The molecule has 0 aliphatic heterocycles. The first-order valence-electron chi connectivity index (χ1n) is 10.8. The molecule has 1 aliphatic carbocycles. The van der Waals surface area contributed by atoms with E-state index in [1.54, 1.807) is 24.3 Å². The number of carbonyl (C=O) groups is 2. The van der Waals surface area contributed by atoms with Crippen LogP contribution in [0.1, 0.15) is 41.6 Å². The Morgan fingerprint density at radius 3 is 2.29 bits per heavy atom. The summed E-state index contributed by atoms with van der Waals surface area (Å²) >= 11 is 6.23. The van der Waals surface area contributed by atoms with Crippen LogP contribution in [-0.4, -0.2) is 28.0 Å². The molecule has 1 amide bonds. The highest BCUT2D eigenvalue weighted by atomic mass is 35.5. The predicted octanol–water partition coefficient (Wildman–Crippen LogP) is 6.81. The number of aliphatic carboxylic acids is 1. The zero-order valence-corrected chi connectivity index (χ0v) is 19.9. The fourth-order valence-corrected chi connectivity index (χ4v) is 5.04. The third-order valence-corrected chi connectivity index (χ3v) is 7.00. The Bertz CT molecular complexity index is 1260. The van der Waals surface area contributed by atoms with Gasteiger partial charge in [0, 0.05) is 20.7 Å². The van der Waals surface area contributed by atoms with Gasteiger partial charge in [-0.25, -0.2) is 4.79 Å². The molecule has 0 radical (unpaired) electrons. The molecule has 1 aliphatic rings. The monoisotopic (exact) mass is 523 g/mol. The second-order valence-corrected chi connectivity index (χ2v) is 9.86. The fourth-order valence-electron chi connectivity index (χ4n) is 4.23. The van der Waals surface area contributed by atoms with E-state index in [-0.39, 0.29) is 34.6 Å². The van der Waals surface area contributed by atoms with Crippen molar-refractivity contribution in [2.75, 3.05) is 0 Å². The predicted molar refractivity (Wildman–Crippen MR) is 128 cm³/mol. The van der Waals surface area contributed by atoms with E-state index >= 15 is 0 Å². The molecule has 5 nitrogen and oxygen atoms in total. The van der Waals surface area contributed by atoms with Gasteiger partial charge in [-0.3, -0.25) is 4.79 Å². The van der Waals surface area contributed by atoms with E-state index in [0.717, 1.165) is 0 Å². The molecule has 2 N–H and O–H groups in total. The number of carboxylic acid groups (broad SMARTS) is 1. The smallest absolute Gasteiger partial charge is 0.446 e. The lowest BCUT2D eigenvalue weighted by Crippen LogP contribution is -2.52. The van der Waals surface area contributed by atoms with Gasteiger partial charge in [-0.05, 0) is 48.4 Å². The van der Waals surface area contributed by atoms with Crippen LogP contribution in [0.4, 0.5) is 13.2 Å². The summed E-state index contributed by atoms with van der Waals surface area (Å²) in [5, 5.41) is 14.0.